The van der Waals surface area contributed by atoms with Crippen molar-refractivity contribution in [3.8, 4) is 0 Å². The molecule has 124 valence electrons. The SMILES string of the molecule is COC(=O)c1cccc(S(=O)(=O)Nc2nnc(SC(C)C)s2)c1. The van der Waals surface area contributed by atoms with Gasteiger partial charge in [-0.15, -0.1) is 10.2 Å². The van der Waals surface area contributed by atoms with Crippen LogP contribution >= 0.6 is 23.1 Å². The highest BCUT2D eigenvalue weighted by Crippen LogP contribution is 2.29. The maximum Gasteiger partial charge on any atom is 0.337 e. The molecule has 0 fully saturated rings. The smallest absolute Gasteiger partial charge is 0.337 e. The van der Waals surface area contributed by atoms with Crippen LogP contribution in [-0.4, -0.2) is 36.9 Å². The van der Waals surface area contributed by atoms with Crippen molar-refractivity contribution in [3.05, 3.63) is 29.8 Å². The molecule has 0 atom stereocenters. The molecule has 10 heteroatoms. The van der Waals surface area contributed by atoms with Gasteiger partial charge in [-0.1, -0.05) is 43.0 Å². The molecule has 1 heterocycles. The standard InChI is InChI=1S/C13H15N3O4S3/c1-8(2)21-13-15-14-12(22-13)16-23(18,19)10-6-4-5-9(7-10)11(17)20-3/h4-8H,1-3H3,(H,14,16). The molecule has 0 spiro atoms. The molecule has 0 aliphatic heterocycles. The van der Waals surface area contributed by atoms with Gasteiger partial charge in [0.25, 0.3) is 10.0 Å². The van der Waals surface area contributed by atoms with Crippen molar-refractivity contribution >= 4 is 44.2 Å². The first-order chi connectivity index (χ1) is 10.8. The van der Waals surface area contributed by atoms with E-state index < -0.39 is 16.0 Å². The fourth-order valence-electron chi connectivity index (χ4n) is 1.58. The predicted molar refractivity (Wildman–Crippen MR) is 89.5 cm³/mol. The molecule has 0 unspecified atom stereocenters. The lowest BCUT2D eigenvalue weighted by molar-refractivity contribution is 0.0600. The second kappa shape index (κ2) is 7.28. The van der Waals surface area contributed by atoms with Gasteiger partial charge < -0.3 is 4.74 Å². The monoisotopic (exact) mass is 373 g/mol. The Hall–Kier alpha value is -1.65. The highest BCUT2D eigenvalue weighted by atomic mass is 32.2. The molecule has 1 N–H and O–H groups in total. The number of rotatable bonds is 6. The third-order valence-electron chi connectivity index (χ3n) is 2.53. The molecule has 0 radical (unpaired) electrons. The zero-order chi connectivity index (χ0) is 17.0. The lowest BCUT2D eigenvalue weighted by atomic mass is 10.2. The predicted octanol–water partition coefficient (Wildman–Crippen LogP) is 2.63. The van der Waals surface area contributed by atoms with Gasteiger partial charge in [-0.3, -0.25) is 4.72 Å². The topological polar surface area (TPSA) is 98.2 Å². The minimum Gasteiger partial charge on any atom is -0.465 e. The Bertz CT molecular complexity index is 802. The quantitative estimate of drug-likeness (QED) is 0.614. The van der Waals surface area contributed by atoms with E-state index in [-0.39, 0.29) is 15.6 Å². The van der Waals surface area contributed by atoms with Crippen LogP contribution in [0.25, 0.3) is 0 Å². The van der Waals surface area contributed by atoms with Gasteiger partial charge in [-0.05, 0) is 18.2 Å². The molecule has 1 aromatic heterocycles. The summed E-state index contributed by atoms with van der Waals surface area (Å²) >= 11 is 2.66. The van der Waals surface area contributed by atoms with Crippen molar-refractivity contribution in [1.29, 1.82) is 0 Å². The van der Waals surface area contributed by atoms with Crippen LogP contribution in [0.15, 0.2) is 33.5 Å². The Labute approximate surface area is 142 Å². The molecule has 0 aliphatic rings. The minimum atomic E-state index is -3.85. The molecule has 0 amide bonds. The number of hydrogen-bond acceptors (Lipinski definition) is 8. The maximum atomic E-state index is 12.4. The number of aromatic nitrogens is 2. The van der Waals surface area contributed by atoms with E-state index in [9.17, 15) is 13.2 Å². The van der Waals surface area contributed by atoms with Crippen LogP contribution in [0.5, 0.6) is 0 Å². The number of hydrogen-bond donors (Lipinski definition) is 1. The van der Waals surface area contributed by atoms with E-state index in [0.717, 1.165) is 11.3 Å². The number of nitrogens with zero attached hydrogens (tertiary/aromatic N) is 2. The van der Waals surface area contributed by atoms with Crippen LogP contribution in [0.2, 0.25) is 0 Å². The summed E-state index contributed by atoms with van der Waals surface area (Å²) in [6.45, 7) is 4.02. The molecule has 0 saturated heterocycles. The number of nitrogens with one attached hydrogen (secondary N) is 1. The van der Waals surface area contributed by atoms with Crippen LogP contribution in [0.4, 0.5) is 5.13 Å². The molecule has 23 heavy (non-hydrogen) atoms. The highest BCUT2D eigenvalue weighted by Gasteiger charge is 2.19. The summed E-state index contributed by atoms with van der Waals surface area (Å²) in [5.41, 5.74) is 0.156. The van der Waals surface area contributed by atoms with Crippen molar-refractivity contribution in [2.75, 3.05) is 11.8 Å². The third kappa shape index (κ3) is 4.66. The summed E-state index contributed by atoms with van der Waals surface area (Å²) in [6, 6.07) is 5.59. The zero-order valence-electron chi connectivity index (χ0n) is 12.6. The van der Waals surface area contributed by atoms with E-state index in [1.165, 1.54) is 43.1 Å². The number of carbonyl (C=O) groups excluding carboxylic acids is 1. The first-order valence-electron chi connectivity index (χ1n) is 6.53. The summed E-state index contributed by atoms with van der Waals surface area (Å²) in [6.07, 6.45) is 0. The normalized spacial score (nSPS) is 11.5. The largest absolute Gasteiger partial charge is 0.465 e. The Kier molecular flexibility index (Phi) is 5.60. The summed E-state index contributed by atoms with van der Waals surface area (Å²) in [5.74, 6) is -0.603. The average molecular weight is 373 g/mol. The van der Waals surface area contributed by atoms with Gasteiger partial charge in [0.15, 0.2) is 4.34 Å². The third-order valence-corrected chi connectivity index (χ3v) is 5.92. The van der Waals surface area contributed by atoms with Crippen molar-refractivity contribution in [2.45, 2.75) is 28.3 Å². The number of benzene rings is 1. The van der Waals surface area contributed by atoms with Gasteiger partial charge in [-0.2, -0.15) is 0 Å². The minimum absolute atomic E-state index is 0.0475. The number of esters is 1. The van der Waals surface area contributed by atoms with Gasteiger partial charge in [0.2, 0.25) is 5.13 Å². The average Bonchev–Trinajstić information content (AvgIpc) is 2.92. The van der Waals surface area contributed by atoms with Crippen LogP contribution in [0, 0.1) is 0 Å². The second-order valence-corrected chi connectivity index (χ2v) is 9.15. The van der Waals surface area contributed by atoms with Crippen molar-refractivity contribution < 1.29 is 17.9 Å². The van der Waals surface area contributed by atoms with E-state index in [0.29, 0.717) is 9.59 Å². The number of sulfonamides is 1. The van der Waals surface area contributed by atoms with E-state index in [1.54, 1.807) is 0 Å². The van der Waals surface area contributed by atoms with Crippen LogP contribution in [0.3, 0.4) is 0 Å². The number of methoxy groups -OCH3 is 1. The number of ether oxygens (including phenoxy) is 1. The van der Waals surface area contributed by atoms with Crippen LogP contribution in [-0.2, 0) is 14.8 Å². The van der Waals surface area contributed by atoms with Crippen molar-refractivity contribution in [1.82, 2.24) is 10.2 Å². The Morgan fingerprint density at radius 1 is 1.35 bits per heavy atom. The highest BCUT2D eigenvalue weighted by molar-refractivity contribution is 8.01. The molecule has 0 aliphatic carbocycles. The van der Waals surface area contributed by atoms with Gasteiger partial charge in [-0.25, -0.2) is 13.2 Å². The molecule has 1 aromatic carbocycles. The first-order valence-corrected chi connectivity index (χ1v) is 9.71. The fourth-order valence-corrected chi connectivity index (χ4v) is 4.83. The summed E-state index contributed by atoms with van der Waals surface area (Å²) in [4.78, 5) is 11.4. The summed E-state index contributed by atoms with van der Waals surface area (Å²) < 4.78 is 32.4. The van der Waals surface area contributed by atoms with Crippen molar-refractivity contribution in [2.24, 2.45) is 0 Å². The summed E-state index contributed by atoms with van der Waals surface area (Å²) in [7, 11) is -2.62. The Morgan fingerprint density at radius 2 is 2.09 bits per heavy atom. The maximum absolute atomic E-state index is 12.4. The van der Waals surface area contributed by atoms with Crippen LogP contribution in [0.1, 0.15) is 24.2 Å². The van der Waals surface area contributed by atoms with Crippen molar-refractivity contribution in [3.63, 3.8) is 0 Å². The van der Waals surface area contributed by atoms with Gasteiger partial charge in [0.1, 0.15) is 0 Å². The molecular weight excluding hydrogens is 358 g/mol. The zero-order valence-corrected chi connectivity index (χ0v) is 15.1. The van der Waals surface area contributed by atoms with Gasteiger partial charge >= 0.3 is 5.97 Å². The number of anilines is 1. The van der Waals surface area contributed by atoms with Crippen LogP contribution < -0.4 is 4.72 Å². The lowest BCUT2D eigenvalue weighted by Crippen LogP contribution is -2.13. The van der Waals surface area contributed by atoms with E-state index in [2.05, 4.69) is 19.7 Å². The Balaban J connectivity index is 2.22. The van der Waals surface area contributed by atoms with E-state index in [1.807, 2.05) is 13.8 Å². The molecule has 7 nitrogen and oxygen atoms in total. The lowest BCUT2D eigenvalue weighted by Gasteiger charge is -2.06. The second-order valence-electron chi connectivity index (χ2n) is 4.66. The van der Waals surface area contributed by atoms with Gasteiger partial charge in [0.05, 0.1) is 17.6 Å². The van der Waals surface area contributed by atoms with E-state index >= 15 is 0 Å². The van der Waals surface area contributed by atoms with E-state index in [4.69, 9.17) is 0 Å². The van der Waals surface area contributed by atoms with Gasteiger partial charge in [0, 0.05) is 5.25 Å². The number of thioether (sulfide) groups is 1. The molecule has 2 aromatic rings. The number of carbonyl (C=O) groups is 1. The fraction of sp³-hybridized carbons (Fsp3) is 0.308. The molecule has 2 rings (SSSR count). The summed E-state index contributed by atoms with van der Waals surface area (Å²) in [5, 5.41) is 8.24. The first kappa shape index (κ1) is 17.7. The Morgan fingerprint density at radius 3 is 2.74 bits per heavy atom. The molecular formula is C13H15N3O4S3. The molecule has 0 bridgehead atoms. The molecule has 0 saturated carbocycles.